The fraction of sp³-hybridized carbons (Fsp3) is 0.375. The van der Waals surface area contributed by atoms with Crippen molar-refractivity contribution in [1.29, 1.82) is 0 Å². The molecule has 0 unspecified atom stereocenters. The second kappa shape index (κ2) is 10.5. The monoisotopic (exact) mass is 481 g/mol. The predicted molar refractivity (Wildman–Crippen MR) is 127 cm³/mol. The summed E-state index contributed by atoms with van der Waals surface area (Å²) in [5.74, 6) is 0.738. The fourth-order valence-corrected chi connectivity index (χ4v) is 4.27. The highest BCUT2D eigenvalue weighted by Gasteiger charge is 2.31. The second-order valence-corrected chi connectivity index (χ2v) is 7.95. The molecule has 1 aromatic heterocycles. The number of hydrogen-bond acceptors (Lipinski definition) is 4. The molecule has 4 rings (SSSR count). The Kier molecular flexibility index (Phi) is 7.92. The molecule has 0 aliphatic carbocycles. The Hall–Kier alpha value is -2.71. The molecule has 1 saturated heterocycles. The maximum absolute atomic E-state index is 13.0. The van der Waals surface area contributed by atoms with Crippen molar-refractivity contribution in [3.05, 3.63) is 70.5 Å². The summed E-state index contributed by atoms with van der Waals surface area (Å²) in [6.45, 7) is 4.31. The molecule has 0 N–H and O–H groups in total. The summed E-state index contributed by atoms with van der Waals surface area (Å²) in [6.07, 6.45) is -3.53. The van der Waals surface area contributed by atoms with Gasteiger partial charge in [-0.25, -0.2) is 0 Å². The van der Waals surface area contributed by atoms with E-state index in [4.69, 9.17) is 4.74 Å². The Morgan fingerprint density at radius 1 is 0.939 bits per heavy atom. The van der Waals surface area contributed by atoms with Gasteiger partial charge >= 0.3 is 6.18 Å². The lowest BCUT2D eigenvalue weighted by Crippen LogP contribution is -2.46. The third kappa shape index (κ3) is 5.62. The van der Waals surface area contributed by atoms with E-state index < -0.39 is 11.7 Å². The average molecular weight is 482 g/mol. The number of piperazine rings is 1. The molecule has 5 nitrogen and oxygen atoms in total. The van der Waals surface area contributed by atoms with Gasteiger partial charge < -0.3 is 14.2 Å². The van der Waals surface area contributed by atoms with Crippen LogP contribution in [0.25, 0.3) is 10.9 Å². The van der Waals surface area contributed by atoms with Crippen molar-refractivity contribution in [3.8, 4) is 5.75 Å². The van der Waals surface area contributed by atoms with Crippen LogP contribution in [0.4, 0.5) is 18.9 Å². The van der Waals surface area contributed by atoms with Crippen molar-refractivity contribution in [1.82, 2.24) is 9.47 Å². The third-order valence-electron chi connectivity index (χ3n) is 5.98. The Labute approximate surface area is 196 Å². The number of halogens is 4. The largest absolute Gasteiger partial charge is 0.496 e. The number of aromatic nitrogens is 1. The topological polar surface area (TPSA) is 37.7 Å². The third-order valence-corrected chi connectivity index (χ3v) is 5.98. The van der Waals surface area contributed by atoms with E-state index in [2.05, 4.69) is 4.90 Å². The molecule has 2 heterocycles. The normalized spacial score (nSPS) is 14.8. The van der Waals surface area contributed by atoms with Crippen LogP contribution in [0.2, 0.25) is 0 Å². The summed E-state index contributed by atoms with van der Waals surface area (Å²) in [4.78, 5) is 16.7. The maximum atomic E-state index is 13.0. The molecule has 1 aliphatic rings. The van der Waals surface area contributed by atoms with Gasteiger partial charge in [0.1, 0.15) is 5.75 Å². The fourth-order valence-electron chi connectivity index (χ4n) is 4.27. The minimum Gasteiger partial charge on any atom is -0.496 e. The smallest absolute Gasteiger partial charge is 0.416 e. The van der Waals surface area contributed by atoms with Crippen LogP contribution >= 0.6 is 12.4 Å². The molecule has 0 saturated carbocycles. The first-order valence-electron chi connectivity index (χ1n) is 10.7. The molecule has 3 aromatic rings. The highest BCUT2D eigenvalue weighted by Crippen LogP contribution is 2.32. The van der Waals surface area contributed by atoms with Gasteiger partial charge in [-0.1, -0.05) is 12.1 Å². The van der Waals surface area contributed by atoms with Crippen molar-refractivity contribution in [2.75, 3.05) is 44.7 Å². The van der Waals surface area contributed by atoms with Crippen molar-refractivity contribution in [3.63, 3.8) is 0 Å². The molecule has 0 spiro atoms. The van der Waals surface area contributed by atoms with Gasteiger partial charge in [-0.15, -0.1) is 12.4 Å². The highest BCUT2D eigenvalue weighted by atomic mass is 35.5. The van der Waals surface area contributed by atoms with Gasteiger partial charge in [0.2, 0.25) is 0 Å². The molecule has 0 atom stereocenters. The molecule has 0 bridgehead atoms. The number of aryl methyl sites for hydroxylation is 1. The summed E-state index contributed by atoms with van der Waals surface area (Å²) >= 11 is 0. The lowest BCUT2D eigenvalue weighted by Gasteiger charge is -2.36. The number of ether oxygens (including phenoxy) is 1. The van der Waals surface area contributed by atoms with E-state index in [1.165, 1.54) is 12.1 Å². The molecule has 1 aliphatic heterocycles. The summed E-state index contributed by atoms with van der Waals surface area (Å²) in [7, 11) is 1.61. The average Bonchev–Trinajstić information content (AvgIpc) is 2.80. The first-order valence-corrected chi connectivity index (χ1v) is 10.7. The Balaban J connectivity index is 0.00000306. The minimum absolute atomic E-state index is 0. The van der Waals surface area contributed by atoms with Gasteiger partial charge in [-0.2, -0.15) is 13.2 Å². The maximum Gasteiger partial charge on any atom is 0.416 e. The zero-order valence-electron chi connectivity index (χ0n) is 18.3. The summed E-state index contributed by atoms with van der Waals surface area (Å²) < 4.78 is 46.1. The van der Waals surface area contributed by atoms with Gasteiger partial charge in [0.15, 0.2) is 0 Å². The molecule has 33 heavy (non-hydrogen) atoms. The van der Waals surface area contributed by atoms with Crippen molar-refractivity contribution >= 4 is 29.0 Å². The van der Waals surface area contributed by atoms with Crippen LogP contribution in [-0.4, -0.2) is 49.3 Å². The van der Waals surface area contributed by atoms with E-state index >= 15 is 0 Å². The van der Waals surface area contributed by atoms with Crippen LogP contribution in [0.1, 0.15) is 12.0 Å². The van der Waals surface area contributed by atoms with E-state index in [1.807, 2.05) is 23.1 Å². The summed E-state index contributed by atoms with van der Waals surface area (Å²) in [6, 6.07) is 14.5. The lowest BCUT2D eigenvalue weighted by molar-refractivity contribution is -0.137. The number of hydrogen-bond donors (Lipinski definition) is 0. The van der Waals surface area contributed by atoms with E-state index in [-0.39, 0.29) is 18.0 Å². The number of anilines is 1. The van der Waals surface area contributed by atoms with E-state index in [0.29, 0.717) is 25.3 Å². The van der Waals surface area contributed by atoms with E-state index in [0.717, 1.165) is 48.8 Å². The van der Waals surface area contributed by atoms with Crippen molar-refractivity contribution in [2.24, 2.45) is 0 Å². The quantitative estimate of drug-likeness (QED) is 0.513. The zero-order valence-corrected chi connectivity index (χ0v) is 19.2. The van der Waals surface area contributed by atoms with Crippen LogP contribution in [0.5, 0.6) is 5.75 Å². The standard InChI is InChI=1S/C24H26F3N3O2.ClH/c1-32-22-8-3-7-21-20(22)9-10-23(31)30(21)12-4-11-28-13-15-29(16-14-28)19-6-2-5-18(17-19)24(25,26)27;/h2-3,5-10,17H,4,11-16H2,1H3;1H. The van der Waals surface area contributed by atoms with Crippen LogP contribution in [-0.2, 0) is 12.7 Å². The molecule has 178 valence electrons. The number of fused-ring (bicyclic) bond motifs is 1. The summed E-state index contributed by atoms with van der Waals surface area (Å²) in [5, 5.41) is 0.907. The van der Waals surface area contributed by atoms with Gasteiger partial charge in [-0.05, 0) is 49.4 Å². The van der Waals surface area contributed by atoms with Gasteiger partial charge in [0.05, 0.1) is 18.2 Å². The minimum atomic E-state index is -4.33. The summed E-state index contributed by atoms with van der Waals surface area (Å²) in [5.41, 5.74) is 0.802. The highest BCUT2D eigenvalue weighted by molar-refractivity contribution is 5.85. The number of methoxy groups -OCH3 is 1. The van der Waals surface area contributed by atoms with Crippen LogP contribution < -0.4 is 15.2 Å². The first kappa shape index (κ1) is 24.9. The molecular weight excluding hydrogens is 455 g/mol. The molecule has 1 fully saturated rings. The van der Waals surface area contributed by atoms with Crippen LogP contribution in [0, 0.1) is 0 Å². The van der Waals surface area contributed by atoms with Crippen LogP contribution in [0.15, 0.2) is 59.4 Å². The zero-order chi connectivity index (χ0) is 22.7. The van der Waals surface area contributed by atoms with Gasteiger partial charge in [0.25, 0.3) is 5.56 Å². The Morgan fingerprint density at radius 3 is 2.36 bits per heavy atom. The Morgan fingerprint density at radius 2 is 1.67 bits per heavy atom. The second-order valence-electron chi connectivity index (χ2n) is 7.95. The van der Waals surface area contributed by atoms with E-state index in [1.54, 1.807) is 29.9 Å². The number of nitrogens with zero attached hydrogens (tertiary/aromatic N) is 3. The molecule has 2 aromatic carbocycles. The Bertz CT molecular complexity index is 1140. The molecule has 0 amide bonds. The number of benzene rings is 2. The van der Waals surface area contributed by atoms with E-state index in [9.17, 15) is 18.0 Å². The molecule has 0 radical (unpaired) electrons. The number of pyridine rings is 1. The molecule has 9 heteroatoms. The number of rotatable bonds is 6. The predicted octanol–water partition coefficient (Wildman–Crippen LogP) is 4.66. The van der Waals surface area contributed by atoms with Crippen molar-refractivity contribution in [2.45, 2.75) is 19.1 Å². The SMILES string of the molecule is COc1cccc2c1ccc(=O)n2CCCN1CCN(c2cccc(C(F)(F)F)c2)CC1.Cl. The molecular formula is C24H27ClF3N3O2. The lowest BCUT2D eigenvalue weighted by atomic mass is 10.1. The van der Waals surface area contributed by atoms with Crippen LogP contribution in [0.3, 0.4) is 0 Å². The number of alkyl halides is 3. The first-order chi connectivity index (χ1) is 15.4. The van der Waals surface area contributed by atoms with Gasteiger partial charge in [-0.3, -0.25) is 9.69 Å². The van der Waals surface area contributed by atoms with Crippen molar-refractivity contribution < 1.29 is 17.9 Å². The van der Waals surface area contributed by atoms with Gasteiger partial charge in [0, 0.05) is 49.9 Å².